The third-order valence-electron chi connectivity index (χ3n) is 3.52. The fourth-order valence-corrected chi connectivity index (χ4v) is 3.06. The summed E-state index contributed by atoms with van der Waals surface area (Å²) in [5.74, 6) is -1.74. The van der Waals surface area contributed by atoms with Gasteiger partial charge in [0.2, 0.25) is 11.6 Å². The maximum absolute atomic E-state index is 12.5. The zero-order valence-electron chi connectivity index (χ0n) is 13.0. The van der Waals surface area contributed by atoms with Crippen molar-refractivity contribution in [1.82, 2.24) is 30.2 Å². The number of amides is 1. The van der Waals surface area contributed by atoms with Crippen molar-refractivity contribution in [3.8, 4) is 10.7 Å². The number of hydrogen-bond donors (Lipinski definition) is 1. The van der Waals surface area contributed by atoms with Gasteiger partial charge in [0.05, 0.1) is 11.4 Å². The molecule has 26 heavy (non-hydrogen) atoms. The van der Waals surface area contributed by atoms with Crippen molar-refractivity contribution >= 4 is 17.2 Å². The fourth-order valence-electron chi connectivity index (χ4n) is 2.13. The van der Waals surface area contributed by atoms with Gasteiger partial charge in [-0.1, -0.05) is 5.16 Å². The average molecular weight is 384 g/mol. The first-order valence-corrected chi connectivity index (χ1v) is 8.40. The molecule has 1 saturated carbocycles. The summed E-state index contributed by atoms with van der Waals surface area (Å²) in [7, 11) is 0. The van der Waals surface area contributed by atoms with E-state index in [1.807, 2.05) is 0 Å². The predicted molar refractivity (Wildman–Crippen MR) is 82.2 cm³/mol. The summed E-state index contributed by atoms with van der Waals surface area (Å²) in [6, 6.07) is 3.53. The molecule has 0 saturated heterocycles. The second kappa shape index (κ2) is 6.20. The van der Waals surface area contributed by atoms with Crippen LogP contribution in [0.25, 0.3) is 10.7 Å². The highest BCUT2D eigenvalue weighted by Crippen LogP contribution is 2.31. The van der Waals surface area contributed by atoms with Gasteiger partial charge in [-0.2, -0.15) is 18.2 Å². The summed E-state index contributed by atoms with van der Waals surface area (Å²) in [6.07, 6.45) is -1.31. The van der Waals surface area contributed by atoms with Crippen LogP contribution in [0.3, 0.4) is 0 Å². The molecular formula is C14H11F3N6O2S. The smallest absolute Gasteiger partial charge is 0.347 e. The lowest BCUT2D eigenvalue weighted by atomic mass is 10.4. The quantitative estimate of drug-likeness (QED) is 0.725. The topological polar surface area (TPSA) is 98.7 Å². The van der Waals surface area contributed by atoms with Gasteiger partial charge in [0.25, 0.3) is 5.91 Å². The standard InChI is InChI=1S/C14H11F3N6O2S/c15-14(16,17)13-20-10(22-25-13)9-4-3-8(26-9)5-23-6-18-11(21-23)12(24)19-7-1-2-7/h3-4,6-7H,1-2,5H2,(H,19,24). The molecule has 4 rings (SSSR count). The monoisotopic (exact) mass is 384 g/mol. The molecular weight excluding hydrogens is 373 g/mol. The van der Waals surface area contributed by atoms with E-state index >= 15 is 0 Å². The molecule has 0 radical (unpaired) electrons. The number of nitrogens with one attached hydrogen (secondary N) is 1. The first-order chi connectivity index (χ1) is 12.4. The first kappa shape index (κ1) is 16.7. The molecule has 136 valence electrons. The maximum Gasteiger partial charge on any atom is 0.471 e. The van der Waals surface area contributed by atoms with Crippen LogP contribution in [0.4, 0.5) is 13.2 Å². The number of nitrogens with zero attached hydrogens (tertiary/aromatic N) is 5. The van der Waals surface area contributed by atoms with Crippen LogP contribution in [-0.2, 0) is 12.7 Å². The highest BCUT2D eigenvalue weighted by Gasteiger charge is 2.38. The van der Waals surface area contributed by atoms with E-state index < -0.39 is 12.1 Å². The van der Waals surface area contributed by atoms with E-state index in [0.717, 1.165) is 17.7 Å². The molecule has 0 bridgehead atoms. The third kappa shape index (κ3) is 3.59. The molecule has 1 fully saturated rings. The number of hydrogen-bond acceptors (Lipinski definition) is 7. The molecule has 0 aromatic carbocycles. The number of alkyl halides is 3. The van der Waals surface area contributed by atoms with Crippen LogP contribution in [0.1, 0.15) is 34.2 Å². The van der Waals surface area contributed by atoms with Crippen LogP contribution in [0.15, 0.2) is 23.0 Å². The Labute approximate surface area is 148 Å². The average Bonchev–Trinajstić information content (AvgIpc) is 3.01. The Hall–Kier alpha value is -2.76. The fraction of sp³-hybridized carbons (Fsp3) is 0.357. The van der Waals surface area contributed by atoms with Crippen LogP contribution < -0.4 is 5.32 Å². The van der Waals surface area contributed by atoms with Gasteiger partial charge < -0.3 is 9.84 Å². The minimum absolute atomic E-state index is 0.0849. The van der Waals surface area contributed by atoms with E-state index in [4.69, 9.17) is 0 Å². The summed E-state index contributed by atoms with van der Waals surface area (Å²) in [5.41, 5.74) is 0. The van der Waals surface area contributed by atoms with Crippen molar-refractivity contribution in [2.45, 2.75) is 31.6 Å². The molecule has 1 N–H and O–H groups in total. The molecule has 12 heteroatoms. The lowest BCUT2D eigenvalue weighted by molar-refractivity contribution is -0.159. The van der Waals surface area contributed by atoms with E-state index in [1.54, 1.807) is 12.1 Å². The Morgan fingerprint density at radius 3 is 2.88 bits per heavy atom. The van der Waals surface area contributed by atoms with Crippen molar-refractivity contribution in [1.29, 1.82) is 0 Å². The summed E-state index contributed by atoms with van der Waals surface area (Å²) in [5, 5.41) is 10.3. The molecule has 8 nitrogen and oxygen atoms in total. The summed E-state index contributed by atoms with van der Waals surface area (Å²) in [6.45, 7) is 0.318. The Morgan fingerprint density at radius 2 is 2.19 bits per heavy atom. The van der Waals surface area contributed by atoms with Gasteiger partial charge >= 0.3 is 12.1 Å². The number of halogens is 3. The summed E-state index contributed by atoms with van der Waals surface area (Å²) in [4.78, 5) is 20.4. The molecule has 0 aliphatic heterocycles. The number of thiophene rings is 1. The molecule has 3 heterocycles. The largest absolute Gasteiger partial charge is 0.471 e. The SMILES string of the molecule is O=C(NC1CC1)c1ncn(Cc2ccc(-c3noc(C(F)(F)F)n3)s2)n1. The Bertz CT molecular complexity index is 943. The number of rotatable bonds is 5. The van der Waals surface area contributed by atoms with Gasteiger partial charge in [-0.3, -0.25) is 4.79 Å². The number of carbonyl (C=O) groups excluding carboxylic acids is 1. The van der Waals surface area contributed by atoms with Crippen molar-refractivity contribution in [2.24, 2.45) is 0 Å². The van der Waals surface area contributed by atoms with Gasteiger partial charge in [-0.15, -0.1) is 16.4 Å². The second-order valence-electron chi connectivity index (χ2n) is 5.70. The zero-order chi connectivity index (χ0) is 18.3. The lowest BCUT2D eigenvalue weighted by Crippen LogP contribution is -2.26. The van der Waals surface area contributed by atoms with Gasteiger partial charge in [-0.05, 0) is 25.0 Å². The van der Waals surface area contributed by atoms with Crippen LogP contribution >= 0.6 is 11.3 Å². The molecule has 1 aliphatic carbocycles. The molecule has 1 amide bonds. The first-order valence-electron chi connectivity index (χ1n) is 7.59. The lowest BCUT2D eigenvalue weighted by Gasteiger charge is -1.98. The highest BCUT2D eigenvalue weighted by molar-refractivity contribution is 7.15. The molecule has 0 unspecified atom stereocenters. The number of aromatic nitrogens is 5. The summed E-state index contributed by atoms with van der Waals surface area (Å²) >= 11 is 1.20. The predicted octanol–water partition coefficient (Wildman–Crippen LogP) is 2.35. The van der Waals surface area contributed by atoms with Crippen LogP contribution in [-0.4, -0.2) is 36.9 Å². The van der Waals surface area contributed by atoms with E-state index in [9.17, 15) is 18.0 Å². The highest BCUT2D eigenvalue weighted by atomic mass is 32.1. The minimum Gasteiger partial charge on any atom is -0.347 e. The van der Waals surface area contributed by atoms with Crippen molar-refractivity contribution in [3.63, 3.8) is 0 Å². The van der Waals surface area contributed by atoms with E-state index in [1.165, 1.54) is 22.3 Å². The zero-order valence-corrected chi connectivity index (χ0v) is 13.8. The minimum atomic E-state index is -4.68. The van der Waals surface area contributed by atoms with Gasteiger partial charge in [0.15, 0.2) is 0 Å². The maximum atomic E-state index is 12.5. The molecule has 1 aliphatic rings. The van der Waals surface area contributed by atoms with E-state index in [0.29, 0.717) is 11.4 Å². The van der Waals surface area contributed by atoms with Crippen LogP contribution in [0.2, 0.25) is 0 Å². The second-order valence-corrected chi connectivity index (χ2v) is 6.87. The van der Waals surface area contributed by atoms with E-state index in [-0.39, 0.29) is 23.6 Å². The normalized spacial score (nSPS) is 14.6. The van der Waals surface area contributed by atoms with Gasteiger partial charge in [0.1, 0.15) is 6.33 Å². The van der Waals surface area contributed by atoms with Crippen molar-refractivity contribution in [2.75, 3.05) is 0 Å². The van der Waals surface area contributed by atoms with Crippen LogP contribution in [0, 0.1) is 0 Å². The van der Waals surface area contributed by atoms with Crippen LogP contribution in [0.5, 0.6) is 0 Å². The molecule has 0 atom stereocenters. The molecule has 3 aromatic heterocycles. The Kier molecular flexibility index (Phi) is 3.98. The molecule has 0 spiro atoms. The third-order valence-corrected chi connectivity index (χ3v) is 4.59. The summed E-state index contributed by atoms with van der Waals surface area (Å²) < 4.78 is 43.3. The van der Waals surface area contributed by atoms with E-state index in [2.05, 4.69) is 30.1 Å². The Balaban J connectivity index is 1.44. The van der Waals surface area contributed by atoms with Gasteiger partial charge in [0, 0.05) is 10.9 Å². The van der Waals surface area contributed by atoms with Crippen molar-refractivity contribution in [3.05, 3.63) is 35.1 Å². The van der Waals surface area contributed by atoms with Crippen molar-refractivity contribution < 1.29 is 22.5 Å². The molecule has 3 aromatic rings. The Morgan fingerprint density at radius 1 is 1.38 bits per heavy atom. The number of carbonyl (C=O) groups is 1. The van der Waals surface area contributed by atoms with Gasteiger partial charge in [-0.25, -0.2) is 9.67 Å².